The number of nitrogens with zero attached hydrogens (tertiary/aromatic N) is 2. The summed E-state index contributed by atoms with van der Waals surface area (Å²) in [5, 5.41) is 6.79. The Morgan fingerprint density at radius 2 is 2.20 bits per heavy atom. The third-order valence-electron chi connectivity index (χ3n) is 2.93. The molecule has 1 aromatic heterocycles. The first-order chi connectivity index (χ1) is 9.38. The molecule has 3 N–H and O–H groups in total. The van der Waals surface area contributed by atoms with Crippen molar-refractivity contribution in [3.8, 4) is 0 Å². The molecule has 1 heterocycles. The van der Waals surface area contributed by atoms with Crippen molar-refractivity contribution in [1.29, 1.82) is 0 Å². The normalized spacial score (nSPS) is 10.6. The molecule has 7 heteroatoms. The van der Waals surface area contributed by atoms with Gasteiger partial charge in [0.15, 0.2) is 0 Å². The van der Waals surface area contributed by atoms with Crippen LogP contribution < -0.4 is 11.1 Å². The number of nitrogens with one attached hydrogen (secondary N) is 1. The van der Waals surface area contributed by atoms with Gasteiger partial charge in [-0.2, -0.15) is 5.10 Å². The number of aromatic nitrogens is 2. The van der Waals surface area contributed by atoms with Crippen LogP contribution in [0.2, 0.25) is 0 Å². The molecule has 0 radical (unpaired) electrons. The van der Waals surface area contributed by atoms with Crippen LogP contribution in [0.15, 0.2) is 22.7 Å². The lowest BCUT2D eigenvalue weighted by atomic mass is 10.3. The molecule has 20 heavy (non-hydrogen) atoms. The summed E-state index contributed by atoms with van der Waals surface area (Å²) in [6.07, 6.45) is 0. The minimum Gasteiger partial charge on any atom is -0.396 e. The molecule has 0 bridgehead atoms. The second-order valence-electron chi connectivity index (χ2n) is 4.42. The van der Waals surface area contributed by atoms with E-state index in [1.165, 1.54) is 16.8 Å². The molecule has 0 spiro atoms. The Bertz CT molecular complexity index is 669. The zero-order valence-corrected chi connectivity index (χ0v) is 12.7. The van der Waals surface area contributed by atoms with Gasteiger partial charge < -0.3 is 11.1 Å². The molecule has 0 fully saturated rings. The molecule has 0 atom stereocenters. The zero-order chi connectivity index (χ0) is 14.9. The number of aryl methyl sites for hydroxylation is 1. The van der Waals surface area contributed by atoms with E-state index in [-0.39, 0.29) is 12.5 Å². The summed E-state index contributed by atoms with van der Waals surface area (Å²) in [5.74, 6) is -0.726. The molecule has 0 unspecified atom stereocenters. The smallest absolute Gasteiger partial charge is 0.246 e. The van der Waals surface area contributed by atoms with Gasteiger partial charge in [0.2, 0.25) is 5.91 Å². The Morgan fingerprint density at radius 3 is 2.75 bits per heavy atom. The van der Waals surface area contributed by atoms with Crippen molar-refractivity contribution in [3.05, 3.63) is 39.9 Å². The standard InChI is InChI=1S/C13H14BrFN4O/c1-7-13(16)8(2)19(18-7)6-12(20)17-9-3-4-10(14)11(15)5-9/h3-5H,6,16H2,1-2H3,(H,17,20). The number of carbonyl (C=O) groups excluding carboxylic acids is 1. The van der Waals surface area contributed by atoms with Crippen molar-refractivity contribution in [2.45, 2.75) is 20.4 Å². The van der Waals surface area contributed by atoms with Gasteiger partial charge >= 0.3 is 0 Å². The van der Waals surface area contributed by atoms with Crippen molar-refractivity contribution < 1.29 is 9.18 Å². The van der Waals surface area contributed by atoms with Gasteiger partial charge in [-0.1, -0.05) is 0 Å². The maximum absolute atomic E-state index is 13.3. The number of benzene rings is 1. The summed E-state index contributed by atoms with van der Waals surface area (Å²) >= 11 is 3.05. The van der Waals surface area contributed by atoms with Crippen LogP contribution in [0, 0.1) is 19.7 Å². The summed E-state index contributed by atoms with van der Waals surface area (Å²) in [7, 11) is 0. The van der Waals surface area contributed by atoms with E-state index in [9.17, 15) is 9.18 Å². The highest BCUT2D eigenvalue weighted by atomic mass is 79.9. The molecule has 2 aromatic rings. The second-order valence-corrected chi connectivity index (χ2v) is 5.27. The number of hydrogen-bond donors (Lipinski definition) is 2. The number of rotatable bonds is 3. The minimum atomic E-state index is -0.432. The van der Waals surface area contributed by atoms with Crippen LogP contribution in [0.3, 0.4) is 0 Å². The predicted octanol–water partition coefficient (Wildman–Crippen LogP) is 2.62. The van der Waals surface area contributed by atoms with E-state index in [0.29, 0.717) is 21.5 Å². The van der Waals surface area contributed by atoms with Crippen molar-refractivity contribution in [1.82, 2.24) is 9.78 Å². The topological polar surface area (TPSA) is 72.9 Å². The highest BCUT2D eigenvalue weighted by Crippen LogP contribution is 2.19. The molecule has 0 aliphatic rings. The number of halogens is 2. The van der Waals surface area contributed by atoms with Crippen LogP contribution in [-0.2, 0) is 11.3 Å². The van der Waals surface area contributed by atoms with Crippen LogP contribution in [-0.4, -0.2) is 15.7 Å². The average Bonchev–Trinajstić information content (AvgIpc) is 2.61. The molecule has 1 amide bonds. The Balaban J connectivity index is 2.09. The van der Waals surface area contributed by atoms with Gasteiger partial charge in [-0.3, -0.25) is 9.48 Å². The lowest BCUT2D eigenvalue weighted by Crippen LogP contribution is -2.20. The summed E-state index contributed by atoms with van der Waals surface area (Å²) in [5.41, 5.74) is 8.19. The van der Waals surface area contributed by atoms with E-state index >= 15 is 0 Å². The number of amides is 1. The highest BCUT2D eigenvalue weighted by molar-refractivity contribution is 9.10. The molecule has 1 aromatic carbocycles. The van der Waals surface area contributed by atoms with Gasteiger partial charge in [0, 0.05) is 5.69 Å². The molecular formula is C13H14BrFN4O. The van der Waals surface area contributed by atoms with Crippen LogP contribution in [0.1, 0.15) is 11.4 Å². The van der Waals surface area contributed by atoms with Gasteiger partial charge in [-0.05, 0) is 48.0 Å². The van der Waals surface area contributed by atoms with Crippen LogP contribution in [0.4, 0.5) is 15.8 Å². The summed E-state index contributed by atoms with van der Waals surface area (Å²) in [6, 6.07) is 4.39. The monoisotopic (exact) mass is 340 g/mol. The van der Waals surface area contributed by atoms with E-state index < -0.39 is 5.82 Å². The van der Waals surface area contributed by atoms with Crippen LogP contribution in [0.25, 0.3) is 0 Å². The minimum absolute atomic E-state index is 0.0293. The Kier molecular flexibility index (Phi) is 4.08. The fourth-order valence-corrected chi connectivity index (χ4v) is 2.02. The Hall–Kier alpha value is -1.89. The molecule has 5 nitrogen and oxygen atoms in total. The van der Waals surface area contributed by atoms with E-state index in [2.05, 4.69) is 26.3 Å². The van der Waals surface area contributed by atoms with E-state index in [1.54, 1.807) is 19.9 Å². The first-order valence-corrected chi connectivity index (χ1v) is 6.72. The zero-order valence-electron chi connectivity index (χ0n) is 11.1. The SMILES string of the molecule is Cc1nn(CC(=O)Nc2ccc(Br)c(F)c2)c(C)c1N. The maximum atomic E-state index is 13.3. The lowest BCUT2D eigenvalue weighted by Gasteiger charge is -2.07. The number of nitrogens with two attached hydrogens (primary N) is 1. The van der Waals surface area contributed by atoms with E-state index in [0.717, 1.165) is 5.69 Å². The van der Waals surface area contributed by atoms with Gasteiger partial charge in [-0.25, -0.2) is 4.39 Å². The fourth-order valence-electron chi connectivity index (χ4n) is 1.78. The molecule has 0 aliphatic carbocycles. The quantitative estimate of drug-likeness (QED) is 0.901. The number of anilines is 2. The van der Waals surface area contributed by atoms with E-state index in [4.69, 9.17) is 5.73 Å². The van der Waals surface area contributed by atoms with E-state index in [1.807, 2.05) is 0 Å². The summed E-state index contributed by atoms with van der Waals surface area (Å²) < 4.78 is 15.2. The highest BCUT2D eigenvalue weighted by Gasteiger charge is 2.12. The summed E-state index contributed by atoms with van der Waals surface area (Å²) in [6.45, 7) is 3.60. The van der Waals surface area contributed by atoms with Gasteiger partial charge in [0.05, 0.1) is 21.5 Å². The fraction of sp³-hybridized carbons (Fsp3) is 0.231. The average molecular weight is 341 g/mol. The molecule has 2 rings (SSSR count). The molecular weight excluding hydrogens is 327 g/mol. The first kappa shape index (κ1) is 14.5. The molecule has 0 saturated carbocycles. The van der Waals surface area contributed by atoms with Gasteiger partial charge in [0.25, 0.3) is 0 Å². The van der Waals surface area contributed by atoms with Crippen molar-refractivity contribution >= 4 is 33.2 Å². The second kappa shape index (κ2) is 5.62. The third kappa shape index (κ3) is 2.98. The van der Waals surface area contributed by atoms with Gasteiger partial charge in [-0.15, -0.1) is 0 Å². The molecule has 0 saturated heterocycles. The first-order valence-electron chi connectivity index (χ1n) is 5.93. The largest absolute Gasteiger partial charge is 0.396 e. The predicted molar refractivity (Wildman–Crippen MR) is 78.8 cm³/mol. The molecule has 0 aliphatic heterocycles. The van der Waals surface area contributed by atoms with Crippen LogP contribution in [0.5, 0.6) is 0 Å². The third-order valence-corrected chi connectivity index (χ3v) is 3.58. The Labute approximate surface area is 124 Å². The number of hydrogen-bond acceptors (Lipinski definition) is 3. The number of nitrogen functional groups attached to an aromatic ring is 1. The van der Waals surface area contributed by atoms with Crippen LogP contribution >= 0.6 is 15.9 Å². The van der Waals surface area contributed by atoms with Gasteiger partial charge in [0.1, 0.15) is 12.4 Å². The van der Waals surface area contributed by atoms with Crippen molar-refractivity contribution in [3.63, 3.8) is 0 Å². The Morgan fingerprint density at radius 1 is 1.50 bits per heavy atom. The van der Waals surface area contributed by atoms with Crippen molar-refractivity contribution in [2.75, 3.05) is 11.1 Å². The summed E-state index contributed by atoms with van der Waals surface area (Å²) in [4.78, 5) is 11.9. The van der Waals surface area contributed by atoms with Crippen molar-refractivity contribution in [2.24, 2.45) is 0 Å². The maximum Gasteiger partial charge on any atom is 0.246 e. The lowest BCUT2D eigenvalue weighted by molar-refractivity contribution is -0.116. The molecule has 106 valence electrons. The number of carbonyl (C=O) groups is 1.